The summed E-state index contributed by atoms with van der Waals surface area (Å²) in [6, 6.07) is 3.70. The second-order valence-corrected chi connectivity index (χ2v) is 4.79. The van der Waals surface area contributed by atoms with E-state index in [4.69, 9.17) is 11.6 Å². The van der Waals surface area contributed by atoms with Crippen LogP contribution in [0.5, 0.6) is 0 Å². The molecule has 0 aliphatic heterocycles. The number of Topliss-reactive ketones (excluding diaryl/α,β-unsaturated/α-hetero) is 1. The maximum Gasteiger partial charge on any atom is 0.143 e. The van der Waals surface area contributed by atoms with E-state index in [1.165, 1.54) is 0 Å². The van der Waals surface area contributed by atoms with Gasteiger partial charge in [-0.3, -0.25) is 14.5 Å². The lowest BCUT2D eigenvalue weighted by atomic mass is 10.1. The summed E-state index contributed by atoms with van der Waals surface area (Å²) in [4.78, 5) is 16.0. The minimum absolute atomic E-state index is 0.128. The second-order valence-electron chi connectivity index (χ2n) is 4.41. The molecule has 4 nitrogen and oxygen atoms in total. The molecular formula is C14H16ClN3O. The monoisotopic (exact) mass is 277 g/mol. The zero-order chi connectivity index (χ0) is 13.8. The Hall–Kier alpha value is -1.68. The van der Waals surface area contributed by atoms with Crippen molar-refractivity contribution in [3.8, 4) is 0 Å². The van der Waals surface area contributed by atoms with Crippen LogP contribution >= 0.6 is 11.6 Å². The number of nitrogens with zero attached hydrogens (tertiary/aromatic N) is 3. The highest BCUT2D eigenvalue weighted by Gasteiger charge is 2.16. The molecule has 0 N–H and O–H groups in total. The first-order chi connectivity index (χ1) is 9.11. The molecular weight excluding hydrogens is 262 g/mol. The molecule has 0 saturated carbocycles. The molecule has 2 aromatic rings. The van der Waals surface area contributed by atoms with E-state index in [9.17, 15) is 4.79 Å². The quantitative estimate of drug-likeness (QED) is 0.844. The molecule has 0 radical (unpaired) electrons. The third kappa shape index (κ3) is 3.20. The minimum atomic E-state index is 0.128. The minimum Gasteiger partial charge on any atom is -0.299 e. The van der Waals surface area contributed by atoms with Crippen molar-refractivity contribution in [1.29, 1.82) is 0 Å². The SMILES string of the molecule is CCn1nc(C)c(Cl)c1CC(=O)Cc1ccncc1. The highest BCUT2D eigenvalue weighted by molar-refractivity contribution is 6.32. The van der Waals surface area contributed by atoms with Gasteiger partial charge in [0, 0.05) is 25.4 Å². The molecule has 100 valence electrons. The number of halogens is 1. The molecule has 2 aromatic heterocycles. The van der Waals surface area contributed by atoms with Crippen molar-refractivity contribution in [3.05, 3.63) is 46.5 Å². The first-order valence-corrected chi connectivity index (χ1v) is 6.62. The third-order valence-corrected chi connectivity index (χ3v) is 3.46. The highest BCUT2D eigenvalue weighted by Crippen LogP contribution is 2.21. The summed E-state index contributed by atoms with van der Waals surface area (Å²) in [5.41, 5.74) is 2.55. The van der Waals surface area contributed by atoms with Crippen molar-refractivity contribution >= 4 is 17.4 Å². The van der Waals surface area contributed by atoms with E-state index < -0.39 is 0 Å². The molecule has 2 rings (SSSR count). The van der Waals surface area contributed by atoms with Gasteiger partial charge in [0.15, 0.2) is 0 Å². The molecule has 0 saturated heterocycles. The number of pyridine rings is 1. The van der Waals surface area contributed by atoms with Crippen molar-refractivity contribution in [3.63, 3.8) is 0 Å². The van der Waals surface area contributed by atoms with E-state index in [0.29, 0.717) is 24.4 Å². The van der Waals surface area contributed by atoms with Crippen molar-refractivity contribution < 1.29 is 4.79 Å². The fourth-order valence-electron chi connectivity index (χ4n) is 2.02. The first kappa shape index (κ1) is 13.7. The number of aryl methyl sites for hydroxylation is 2. The van der Waals surface area contributed by atoms with Crippen LogP contribution in [0.1, 0.15) is 23.9 Å². The molecule has 2 heterocycles. The van der Waals surface area contributed by atoms with Crippen LogP contribution in [0.4, 0.5) is 0 Å². The normalized spacial score (nSPS) is 10.7. The van der Waals surface area contributed by atoms with Crippen molar-refractivity contribution in [2.75, 3.05) is 0 Å². The van der Waals surface area contributed by atoms with Gasteiger partial charge in [0.05, 0.1) is 22.8 Å². The molecule has 0 amide bonds. The Kier molecular flexibility index (Phi) is 4.32. The molecule has 0 spiro atoms. The van der Waals surface area contributed by atoms with Gasteiger partial charge in [0.2, 0.25) is 0 Å². The largest absolute Gasteiger partial charge is 0.299 e. The fourth-order valence-corrected chi connectivity index (χ4v) is 2.22. The Labute approximate surface area is 117 Å². The summed E-state index contributed by atoms with van der Waals surface area (Å²) < 4.78 is 1.79. The summed E-state index contributed by atoms with van der Waals surface area (Å²) in [6.07, 6.45) is 4.09. The number of aromatic nitrogens is 3. The van der Waals surface area contributed by atoms with Gasteiger partial charge in [-0.2, -0.15) is 5.10 Å². The first-order valence-electron chi connectivity index (χ1n) is 6.24. The van der Waals surface area contributed by atoms with Crippen LogP contribution in [-0.4, -0.2) is 20.5 Å². The predicted octanol–water partition coefficient (Wildman–Crippen LogP) is 2.61. The fraction of sp³-hybridized carbons (Fsp3) is 0.357. The summed E-state index contributed by atoms with van der Waals surface area (Å²) in [6.45, 7) is 4.55. The summed E-state index contributed by atoms with van der Waals surface area (Å²) in [7, 11) is 0. The van der Waals surface area contributed by atoms with Crippen molar-refractivity contribution in [2.45, 2.75) is 33.2 Å². The summed E-state index contributed by atoms with van der Waals surface area (Å²) in [5.74, 6) is 0.128. The van der Waals surface area contributed by atoms with Crippen molar-refractivity contribution in [2.24, 2.45) is 0 Å². The summed E-state index contributed by atoms with van der Waals surface area (Å²) in [5, 5.41) is 4.91. The zero-order valence-corrected chi connectivity index (χ0v) is 11.8. The van der Waals surface area contributed by atoms with Gasteiger partial charge in [-0.25, -0.2) is 0 Å². The Bertz CT molecular complexity index is 578. The van der Waals surface area contributed by atoms with E-state index >= 15 is 0 Å². The van der Waals surface area contributed by atoms with Crippen LogP contribution in [0.3, 0.4) is 0 Å². The molecule has 19 heavy (non-hydrogen) atoms. The van der Waals surface area contributed by atoms with E-state index in [0.717, 1.165) is 17.0 Å². The smallest absolute Gasteiger partial charge is 0.143 e. The van der Waals surface area contributed by atoms with E-state index in [2.05, 4.69) is 10.1 Å². The van der Waals surface area contributed by atoms with Crippen LogP contribution in [0.15, 0.2) is 24.5 Å². The van der Waals surface area contributed by atoms with Gasteiger partial charge < -0.3 is 0 Å². The van der Waals surface area contributed by atoms with Crippen LogP contribution in [0.25, 0.3) is 0 Å². The average Bonchev–Trinajstić information content (AvgIpc) is 2.67. The van der Waals surface area contributed by atoms with Gasteiger partial charge in [0.25, 0.3) is 0 Å². The molecule has 0 unspecified atom stereocenters. The number of hydrogen-bond acceptors (Lipinski definition) is 3. The Morgan fingerprint density at radius 2 is 2.00 bits per heavy atom. The topological polar surface area (TPSA) is 47.8 Å². The van der Waals surface area contributed by atoms with Gasteiger partial charge >= 0.3 is 0 Å². The van der Waals surface area contributed by atoms with E-state index in [1.54, 1.807) is 17.1 Å². The average molecular weight is 278 g/mol. The number of carbonyl (C=O) groups excluding carboxylic acids is 1. The predicted molar refractivity (Wildman–Crippen MR) is 74.3 cm³/mol. The zero-order valence-electron chi connectivity index (χ0n) is 11.1. The van der Waals surface area contributed by atoms with E-state index in [1.807, 2.05) is 26.0 Å². The lowest BCUT2D eigenvalue weighted by Gasteiger charge is -2.05. The second kappa shape index (κ2) is 5.97. The van der Waals surface area contributed by atoms with Gasteiger partial charge in [-0.15, -0.1) is 0 Å². The summed E-state index contributed by atoms with van der Waals surface area (Å²) >= 11 is 6.19. The molecule has 5 heteroatoms. The van der Waals surface area contributed by atoms with E-state index in [-0.39, 0.29) is 5.78 Å². The lowest BCUT2D eigenvalue weighted by molar-refractivity contribution is -0.117. The third-order valence-electron chi connectivity index (χ3n) is 2.97. The Morgan fingerprint density at radius 3 is 2.63 bits per heavy atom. The van der Waals surface area contributed by atoms with Crippen molar-refractivity contribution in [1.82, 2.24) is 14.8 Å². The number of carbonyl (C=O) groups is 1. The highest BCUT2D eigenvalue weighted by atomic mass is 35.5. The molecule has 0 aromatic carbocycles. The maximum atomic E-state index is 12.1. The molecule has 0 aliphatic rings. The van der Waals surface area contributed by atoms with Gasteiger partial charge in [0.1, 0.15) is 5.78 Å². The number of hydrogen-bond donors (Lipinski definition) is 0. The molecule has 0 bridgehead atoms. The lowest BCUT2D eigenvalue weighted by Crippen LogP contribution is -2.11. The van der Waals surface area contributed by atoms with Crippen LogP contribution in [-0.2, 0) is 24.2 Å². The van der Waals surface area contributed by atoms with Gasteiger partial charge in [-0.1, -0.05) is 11.6 Å². The van der Waals surface area contributed by atoms with Gasteiger partial charge in [-0.05, 0) is 31.5 Å². The number of rotatable bonds is 5. The standard InChI is InChI=1S/C14H16ClN3O/c1-3-18-13(14(15)10(2)17-18)9-12(19)8-11-4-6-16-7-5-11/h4-7H,3,8-9H2,1-2H3. The maximum absolute atomic E-state index is 12.1. The molecule has 0 atom stereocenters. The van der Waals surface area contributed by atoms with Crippen LogP contribution in [0, 0.1) is 6.92 Å². The molecule has 0 fully saturated rings. The van der Waals surface area contributed by atoms with Crippen LogP contribution in [0.2, 0.25) is 5.02 Å². The Balaban J connectivity index is 2.11. The molecule has 0 aliphatic carbocycles. The Morgan fingerprint density at radius 1 is 1.32 bits per heavy atom. The number of ketones is 1. The van der Waals surface area contributed by atoms with Crippen LogP contribution < -0.4 is 0 Å².